The molecule has 1 aromatic carbocycles. The molecule has 1 aromatic heterocycles. The van der Waals surface area contributed by atoms with E-state index in [1.165, 1.54) is 16.0 Å². The second-order valence-corrected chi connectivity index (χ2v) is 5.97. The highest BCUT2D eigenvalue weighted by atomic mass is 32.2. The van der Waals surface area contributed by atoms with Crippen molar-refractivity contribution in [2.45, 2.75) is 37.5 Å². The van der Waals surface area contributed by atoms with Crippen molar-refractivity contribution in [1.82, 2.24) is 5.32 Å². The Labute approximate surface area is 131 Å². The minimum absolute atomic E-state index is 0.880. The highest BCUT2D eigenvalue weighted by molar-refractivity contribution is 7.98. The summed E-state index contributed by atoms with van der Waals surface area (Å²) in [5, 5.41) is 3.43. The van der Waals surface area contributed by atoms with Gasteiger partial charge in [0.05, 0.1) is 13.4 Å². The zero-order chi connectivity index (χ0) is 15.1. The maximum Gasteiger partial charge on any atom is 0.122 e. The zero-order valence-corrected chi connectivity index (χ0v) is 13.8. The van der Waals surface area contributed by atoms with Crippen LogP contribution in [-0.2, 0) is 12.3 Å². The Kier molecular flexibility index (Phi) is 6.21. The van der Waals surface area contributed by atoms with Gasteiger partial charge in [0, 0.05) is 22.8 Å². The lowest BCUT2D eigenvalue weighted by atomic mass is 10.1. The molecule has 0 saturated heterocycles. The number of methoxy groups -OCH3 is 1. The number of nitrogens with one attached hydrogen (secondary N) is 1. The Morgan fingerprint density at radius 3 is 2.81 bits per heavy atom. The molecule has 2 rings (SSSR count). The first-order valence-corrected chi connectivity index (χ1v) is 8.26. The first kappa shape index (κ1) is 16.0. The molecule has 2 aromatic rings. The van der Waals surface area contributed by atoms with E-state index in [2.05, 4.69) is 30.4 Å². The van der Waals surface area contributed by atoms with E-state index in [0.29, 0.717) is 0 Å². The van der Waals surface area contributed by atoms with E-state index < -0.39 is 0 Å². The summed E-state index contributed by atoms with van der Waals surface area (Å²) in [4.78, 5) is 1.19. The third kappa shape index (κ3) is 4.55. The van der Waals surface area contributed by atoms with Crippen molar-refractivity contribution in [1.29, 1.82) is 0 Å². The molecule has 0 bridgehead atoms. The fourth-order valence-corrected chi connectivity index (χ4v) is 3.08. The molecule has 0 amide bonds. The van der Waals surface area contributed by atoms with Gasteiger partial charge >= 0.3 is 0 Å². The highest BCUT2D eigenvalue weighted by Crippen LogP contribution is 2.31. The minimum atomic E-state index is 0.880. The second-order valence-electron chi connectivity index (χ2n) is 4.95. The van der Waals surface area contributed by atoms with Gasteiger partial charge in [0.1, 0.15) is 11.5 Å². The number of benzene rings is 1. The van der Waals surface area contributed by atoms with Crippen molar-refractivity contribution >= 4 is 11.8 Å². The number of furan rings is 1. The molecular weight excluding hydrogens is 282 g/mol. The van der Waals surface area contributed by atoms with E-state index in [-0.39, 0.29) is 0 Å². The molecule has 0 aliphatic carbocycles. The standard InChI is InChI=1S/C17H23NO2S/c1-4-8-18-11-14-5-6-16(19-3)15(10-14)12-21-17-7-9-20-13(17)2/h5-7,9-10,18H,4,8,11-12H2,1-3H3. The monoisotopic (exact) mass is 305 g/mol. The number of rotatable bonds is 8. The minimum Gasteiger partial charge on any atom is -0.496 e. The molecule has 1 N–H and O–H groups in total. The van der Waals surface area contributed by atoms with E-state index in [4.69, 9.17) is 9.15 Å². The predicted octanol–water partition coefficient (Wildman–Crippen LogP) is 4.39. The fraction of sp³-hybridized carbons (Fsp3) is 0.412. The summed E-state index contributed by atoms with van der Waals surface area (Å²) in [6.07, 6.45) is 2.89. The van der Waals surface area contributed by atoms with Crippen LogP contribution in [0.15, 0.2) is 39.8 Å². The largest absolute Gasteiger partial charge is 0.496 e. The summed E-state index contributed by atoms with van der Waals surface area (Å²) < 4.78 is 10.8. The molecule has 0 atom stereocenters. The summed E-state index contributed by atoms with van der Waals surface area (Å²) in [6, 6.07) is 8.42. The molecule has 0 aliphatic rings. The van der Waals surface area contributed by atoms with E-state index in [1.807, 2.05) is 13.0 Å². The molecule has 0 saturated carbocycles. The summed E-state index contributed by atoms with van der Waals surface area (Å²) in [6.45, 7) is 6.12. The molecule has 0 spiro atoms. The summed E-state index contributed by atoms with van der Waals surface area (Å²) in [5.41, 5.74) is 2.52. The van der Waals surface area contributed by atoms with Crippen LogP contribution in [0.4, 0.5) is 0 Å². The van der Waals surface area contributed by atoms with Crippen LogP contribution >= 0.6 is 11.8 Å². The van der Waals surface area contributed by atoms with Crippen molar-refractivity contribution in [2.75, 3.05) is 13.7 Å². The van der Waals surface area contributed by atoms with Gasteiger partial charge in [0.2, 0.25) is 0 Å². The van der Waals surface area contributed by atoms with Crippen LogP contribution in [0, 0.1) is 6.92 Å². The molecule has 4 heteroatoms. The van der Waals surface area contributed by atoms with Crippen molar-refractivity contribution in [3.8, 4) is 5.75 Å². The lowest BCUT2D eigenvalue weighted by Crippen LogP contribution is -2.13. The Hall–Kier alpha value is -1.39. The molecule has 0 aliphatic heterocycles. The van der Waals surface area contributed by atoms with Crippen LogP contribution < -0.4 is 10.1 Å². The van der Waals surface area contributed by atoms with Gasteiger partial charge in [0.25, 0.3) is 0 Å². The van der Waals surface area contributed by atoms with Gasteiger partial charge in [0.15, 0.2) is 0 Å². The molecule has 0 fully saturated rings. The Morgan fingerprint density at radius 1 is 1.29 bits per heavy atom. The third-order valence-electron chi connectivity index (χ3n) is 3.30. The topological polar surface area (TPSA) is 34.4 Å². The number of thioether (sulfide) groups is 1. The number of aryl methyl sites for hydroxylation is 1. The molecule has 21 heavy (non-hydrogen) atoms. The van der Waals surface area contributed by atoms with Crippen molar-refractivity contribution in [2.24, 2.45) is 0 Å². The first-order valence-electron chi connectivity index (χ1n) is 7.28. The van der Waals surface area contributed by atoms with Crippen molar-refractivity contribution < 1.29 is 9.15 Å². The van der Waals surface area contributed by atoms with E-state index >= 15 is 0 Å². The number of hydrogen-bond acceptors (Lipinski definition) is 4. The SMILES string of the molecule is CCCNCc1ccc(OC)c(CSc2ccoc2C)c1. The Bertz CT molecular complexity index is 566. The first-order chi connectivity index (χ1) is 10.2. The quantitative estimate of drug-likeness (QED) is 0.579. The molecule has 3 nitrogen and oxygen atoms in total. The summed E-state index contributed by atoms with van der Waals surface area (Å²) in [5.74, 6) is 2.80. The van der Waals surface area contributed by atoms with Crippen LogP contribution in [0.2, 0.25) is 0 Å². The molecule has 114 valence electrons. The van der Waals surface area contributed by atoms with Gasteiger partial charge in [-0.25, -0.2) is 0 Å². The second kappa shape index (κ2) is 8.15. The van der Waals surface area contributed by atoms with E-state index in [9.17, 15) is 0 Å². The van der Waals surface area contributed by atoms with Gasteiger partial charge in [-0.3, -0.25) is 0 Å². The van der Waals surface area contributed by atoms with Gasteiger partial charge in [-0.2, -0.15) is 0 Å². The van der Waals surface area contributed by atoms with Crippen LogP contribution in [-0.4, -0.2) is 13.7 Å². The maximum atomic E-state index is 5.47. The highest BCUT2D eigenvalue weighted by Gasteiger charge is 2.08. The van der Waals surface area contributed by atoms with Crippen molar-refractivity contribution in [3.63, 3.8) is 0 Å². The van der Waals surface area contributed by atoms with Gasteiger partial charge in [-0.1, -0.05) is 13.0 Å². The summed E-state index contributed by atoms with van der Waals surface area (Å²) >= 11 is 1.78. The average molecular weight is 305 g/mol. The van der Waals surface area contributed by atoms with Crippen LogP contribution in [0.1, 0.15) is 30.2 Å². The third-order valence-corrected chi connectivity index (χ3v) is 4.48. The van der Waals surface area contributed by atoms with Gasteiger partial charge < -0.3 is 14.5 Å². The van der Waals surface area contributed by atoms with E-state index in [1.54, 1.807) is 25.1 Å². The van der Waals surface area contributed by atoms with Crippen LogP contribution in [0.5, 0.6) is 5.75 Å². The lowest BCUT2D eigenvalue weighted by Gasteiger charge is -2.11. The Morgan fingerprint density at radius 2 is 2.14 bits per heavy atom. The average Bonchev–Trinajstić information content (AvgIpc) is 2.91. The van der Waals surface area contributed by atoms with Gasteiger partial charge in [-0.15, -0.1) is 11.8 Å². The number of hydrogen-bond donors (Lipinski definition) is 1. The smallest absolute Gasteiger partial charge is 0.122 e. The lowest BCUT2D eigenvalue weighted by molar-refractivity contribution is 0.411. The Balaban J connectivity index is 2.05. The van der Waals surface area contributed by atoms with Crippen molar-refractivity contribution in [3.05, 3.63) is 47.4 Å². The normalized spacial score (nSPS) is 10.8. The van der Waals surface area contributed by atoms with Crippen LogP contribution in [0.25, 0.3) is 0 Å². The zero-order valence-electron chi connectivity index (χ0n) is 12.9. The molecule has 0 unspecified atom stereocenters. The molecule has 1 heterocycles. The fourth-order valence-electron chi connectivity index (χ4n) is 2.14. The molecular formula is C17H23NO2S. The van der Waals surface area contributed by atoms with Gasteiger partial charge in [-0.05, 0) is 43.7 Å². The maximum absolute atomic E-state index is 5.47. The number of ether oxygens (including phenoxy) is 1. The predicted molar refractivity (Wildman–Crippen MR) is 88.0 cm³/mol. The van der Waals surface area contributed by atoms with Crippen LogP contribution in [0.3, 0.4) is 0 Å². The molecule has 0 radical (unpaired) electrons. The summed E-state index contributed by atoms with van der Waals surface area (Å²) in [7, 11) is 1.72. The van der Waals surface area contributed by atoms with E-state index in [0.717, 1.165) is 36.8 Å².